The summed E-state index contributed by atoms with van der Waals surface area (Å²) < 4.78 is 4.89. The van der Waals surface area contributed by atoms with E-state index in [2.05, 4.69) is 19.2 Å². The minimum atomic E-state index is -1.08. The number of hydrogen-bond donors (Lipinski definition) is 2. The smallest absolute Gasteiger partial charge is 0.408 e. The number of carbonyl (C=O) groups is 2. The normalized spacial score (nSPS) is 15.7. The Balaban J connectivity index is 0.000000583. The van der Waals surface area contributed by atoms with Crippen LogP contribution < -0.4 is 5.32 Å². The fraction of sp³-hybridized carbons (Fsp3) is 0.800. The standard InChI is InChI=1S/C7H11NO4.C3H8/c1-7(2-3-7)12-6(11)8-4-5(9)10;1-3-2/h2-4H2,1H3,(H,8,11)(H,9,10);3H2,1-2H3. The molecular weight excluding hydrogens is 198 g/mol. The predicted molar refractivity (Wildman–Crippen MR) is 55.7 cm³/mol. The van der Waals surface area contributed by atoms with Crippen LogP contribution in [0.25, 0.3) is 0 Å². The highest BCUT2D eigenvalue weighted by Gasteiger charge is 2.41. The highest BCUT2D eigenvalue weighted by Crippen LogP contribution is 2.38. The first-order valence-corrected chi connectivity index (χ1v) is 5.12. The van der Waals surface area contributed by atoms with Gasteiger partial charge in [-0.25, -0.2) is 4.79 Å². The summed E-state index contributed by atoms with van der Waals surface area (Å²) in [5.41, 5.74) is -0.345. The predicted octanol–water partition coefficient (Wildman–Crippen LogP) is 1.77. The summed E-state index contributed by atoms with van der Waals surface area (Å²) in [6.45, 7) is 5.67. The first kappa shape index (κ1) is 13.7. The number of carbonyl (C=O) groups excluding carboxylic acids is 1. The third kappa shape index (κ3) is 7.78. The monoisotopic (exact) mass is 217 g/mol. The van der Waals surface area contributed by atoms with Crippen molar-refractivity contribution in [1.29, 1.82) is 0 Å². The van der Waals surface area contributed by atoms with E-state index >= 15 is 0 Å². The maximum Gasteiger partial charge on any atom is 0.408 e. The molecule has 0 aromatic heterocycles. The summed E-state index contributed by atoms with van der Waals surface area (Å²) in [5.74, 6) is -1.08. The molecule has 0 spiro atoms. The molecule has 5 heteroatoms. The van der Waals surface area contributed by atoms with E-state index in [9.17, 15) is 9.59 Å². The molecule has 1 aliphatic rings. The third-order valence-electron chi connectivity index (χ3n) is 1.68. The number of carboxylic acid groups (broad SMARTS) is 1. The van der Waals surface area contributed by atoms with Crippen LogP contribution in [0.2, 0.25) is 0 Å². The van der Waals surface area contributed by atoms with Gasteiger partial charge in [0.1, 0.15) is 12.1 Å². The minimum Gasteiger partial charge on any atom is -0.480 e. The second-order valence-electron chi connectivity index (χ2n) is 3.79. The molecule has 0 heterocycles. The molecule has 0 aromatic carbocycles. The molecule has 0 radical (unpaired) electrons. The SMILES string of the molecule is CC1(OC(=O)NCC(=O)O)CC1.CCC. The Bertz CT molecular complexity index is 223. The van der Waals surface area contributed by atoms with Crippen molar-refractivity contribution in [1.82, 2.24) is 5.32 Å². The van der Waals surface area contributed by atoms with Crippen molar-refractivity contribution in [2.24, 2.45) is 0 Å². The fourth-order valence-corrected chi connectivity index (χ4v) is 0.686. The van der Waals surface area contributed by atoms with Gasteiger partial charge in [0.2, 0.25) is 0 Å². The van der Waals surface area contributed by atoms with Gasteiger partial charge in [-0.3, -0.25) is 4.79 Å². The number of rotatable bonds is 3. The highest BCUT2D eigenvalue weighted by atomic mass is 16.6. The van der Waals surface area contributed by atoms with E-state index in [1.54, 1.807) is 0 Å². The van der Waals surface area contributed by atoms with Gasteiger partial charge in [0.15, 0.2) is 0 Å². The number of ether oxygens (including phenoxy) is 1. The quantitative estimate of drug-likeness (QED) is 0.755. The number of amides is 1. The second-order valence-corrected chi connectivity index (χ2v) is 3.79. The average Bonchev–Trinajstić information content (AvgIpc) is 2.81. The number of nitrogens with one attached hydrogen (secondary N) is 1. The van der Waals surface area contributed by atoms with Crippen LogP contribution in [0.1, 0.15) is 40.0 Å². The van der Waals surface area contributed by atoms with E-state index in [4.69, 9.17) is 9.84 Å². The van der Waals surface area contributed by atoms with Crippen molar-refractivity contribution in [3.05, 3.63) is 0 Å². The van der Waals surface area contributed by atoms with Crippen molar-refractivity contribution >= 4 is 12.1 Å². The van der Waals surface area contributed by atoms with Gasteiger partial charge < -0.3 is 15.2 Å². The summed E-state index contributed by atoms with van der Waals surface area (Å²) in [5, 5.41) is 10.3. The van der Waals surface area contributed by atoms with E-state index in [0.29, 0.717) is 0 Å². The molecule has 0 aromatic rings. The van der Waals surface area contributed by atoms with Crippen LogP contribution in [0, 0.1) is 0 Å². The molecule has 0 bridgehead atoms. The molecule has 1 aliphatic carbocycles. The summed E-state index contributed by atoms with van der Waals surface area (Å²) in [4.78, 5) is 20.8. The van der Waals surface area contributed by atoms with Gasteiger partial charge in [-0.2, -0.15) is 0 Å². The number of hydrogen-bond acceptors (Lipinski definition) is 3. The van der Waals surface area contributed by atoms with Crippen molar-refractivity contribution in [3.63, 3.8) is 0 Å². The van der Waals surface area contributed by atoms with Gasteiger partial charge in [0, 0.05) is 0 Å². The van der Waals surface area contributed by atoms with Crippen molar-refractivity contribution in [2.45, 2.75) is 45.6 Å². The molecular formula is C10H19NO4. The second kappa shape index (κ2) is 6.27. The maximum absolute atomic E-state index is 10.8. The van der Waals surface area contributed by atoms with Gasteiger partial charge in [0.25, 0.3) is 0 Å². The topological polar surface area (TPSA) is 75.6 Å². The lowest BCUT2D eigenvalue weighted by Crippen LogP contribution is -2.32. The number of alkyl carbamates (subject to hydrolysis) is 1. The maximum atomic E-state index is 10.8. The van der Waals surface area contributed by atoms with E-state index < -0.39 is 18.6 Å². The first-order chi connectivity index (χ1) is 6.93. The van der Waals surface area contributed by atoms with Crippen LogP contribution in [-0.2, 0) is 9.53 Å². The zero-order valence-electron chi connectivity index (χ0n) is 9.50. The zero-order valence-corrected chi connectivity index (χ0v) is 9.50. The Hall–Kier alpha value is -1.26. The number of carboxylic acids is 1. The summed E-state index contributed by atoms with van der Waals surface area (Å²) in [7, 11) is 0. The molecule has 0 saturated heterocycles. The van der Waals surface area contributed by atoms with E-state index in [1.165, 1.54) is 6.42 Å². The Morgan fingerprint density at radius 1 is 1.40 bits per heavy atom. The largest absolute Gasteiger partial charge is 0.480 e. The van der Waals surface area contributed by atoms with Gasteiger partial charge >= 0.3 is 12.1 Å². The first-order valence-electron chi connectivity index (χ1n) is 5.12. The van der Waals surface area contributed by atoms with E-state index in [0.717, 1.165) is 12.8 Å². The van der Waals surface area contributed by atoms with Gasteiger partial charge in [-0.05, 0) is 19.8 Å². The third-order valence-corrected chi connectivity index (χ3v) is 1.68. The molecule has 5 nitrogen and oxygen atoms in total. The lowest BCUT2D eigenvalue weighted by atomic mass is 10.4. The Kier molecular flexibility index (Phi) is 5.74. The van der Waals surface area contributed by atoms with Crippen molar-refractivity contribution < 1.29 is 19.4 Å². The number of aliphatic carboxylic acids is 1. The Morgan fingerprint density at radius 2 is 1.87 bits per heavy atom. The lowest BCUT2D eigenvalue weighted by molar-refractivity contribution is -0.135. The molecule has 88 valence electrons. The van der Waals surface area contributed by atoms with Crippen LogP contribution in [0.5, 0.6) is 0 Å². The Labute approximate surface area is 89.8 Å². The van der Waals surface area contributed by atoms with Crippen molar-refractivity contribution in [2.75, 3.05) is 6.54 Å². The minimum absolute atomic E-state index is 0.345. The van der Waals surface area contributed by atoms with Gasteiger partial charge in [-0.1, -0.05) is 20.3 Å². The van der Waals surface area contributed by atoms with Crippen LogP contribution in [0.3, 0.4) is 0 Å². The molecule has 2 N–H and O–H groups in total. The Morgan fingerprint density at radius 3 is 2.20 bits per heavy atom. The molecule has 0 aliphatic heterocycles. The molecule has 0 atom stereocenters. The summed E-state index contributed by atoms with van der Waals surface area (Å²) >= 11 is 0. The van der Waals surface area contributed by atoms with Gasteiger partial charge in [0.05, 0.1) is 0 Å². The molecule has 1 amide bonds. The molecule has 1 saturated carbocycles. The van der Waals surface area contributed by atoms with Crippen LogP contribution in [0.15, 0.2) is 0 Å². The highest BCUT2D eigenvalue weighted by molar-refractivity contribution is 5.76. The van der Waals surface area contributed by atoms with Crippen LogP contribution >= 0.6 is 0 Å². The molecule has 1 rings (SSSR count). The average molecular weight is 217 g/mol. The lowest BCUT2D eigenvalue weighted by Gasteiger charge is -2.10. The summed E-state index contributed by atoms with van der Waals surface area (Å²) in [6, 6.07) is 0. The fourth-order valence-electron chi connectivity index (χ4n) is 0.686. The van der Waals surface area contributed by atoms with Crippen LogP contribution in [0.4, 0.5) is 4.79 Å². The molecule has 0 unspecified atom stereocenters. The van der Waals surface area contributed by atoms with E-state index in [-0.39, 0.29) is 5.60 Å². The van der Waals surface area contributed by atoms with Gasteiger partial charge in [-0.15, -0.1) is 0 Å². The van der Waals surface area contributed by atoms with Crippen molar-refractivity contribution in [3.8, 4) is 0 Å². The zero-order chi connectivity index (χ0) is 11.9. The molecule has 15 heavy (non-hydrogen) atoms. The van der Waals surface area contributed by atoms with E-state index in [1.807, 2.05) is 6.92 Å². The summed E-state index contributed by atoms with van der Waals surface area (Å²) in [6.07, 6.45) is 2.30. The molecule has 1 fully saturated rings. The van der Waals surface area contributed by atoms with Crippen LogP contribution in [-0.4, -0.2) is 29.3 Å².